The van der Waals surface area contributed by atoms with Crippen molar-refractivity contribution >= 4 is 27.3 Å². The van der Waals surface area contributed by atoms with Crippen LogP contribution in [0.5, 0.6) is 0 Å². The van der Waals surface area contributed by atoms with Crippen LogP contribution in [0.15, 0.2) is 17.0 Å². The van der Waals surface area contributed by atoms with Crippen LogP contribution in [0.4, 0.5) is 5.69 Å². The molecule has 1 unspecified atom stereocenters. The summed E-state index contributed by atoms with van der Waals surface area (Å²) < 4.78 is 26.5. The molecule has 0 radical (unpaired) electrons. The largest absolute Gasteiger partial charge is 0.395 e. The Hall–Kier alpha value is -1.22. The van der Waals surface area contributed by atoms with Crippen LogP contribution in [0.1, 0.15) is 18.4 Å². The average Bonchev–Trinajstić information content (AvgIpc) is 2.86. The molecule has 1 aromatic rings. The number of nitrogens with zero attached hydrogens (tertiary/aromatic N) is 2. The molecule has 1 aromatic carbocycles. The summed E-state index contributed by atoms with van der Waals surface area (Å²) in [5, 5.41) is 20.1. The molecule has 0 saturated carbocycles. The summed E-state index contributed by atoms with van der Waals surface area (Å²) in [6.45, 7) is 1.56. The number of nitro groups is 1. The molecule has 1 aliphatic heterocycles. The van der Waals surface area contributed by atoms with Gasteiger partial charge in [-0.25, -0.2) is 8.42 Å². The fraction of sp³-hybridized carbons (Fsp3) is 0.500. The molecule has 1 aliphatic rings. The van der Waals surface area contributed by atoms with E-state index >= 15 is 0 Å². The number of benzene rings is 1. The summed E-state index contributed by atoms with van der Waals surface area (Å²) >= 11 is 5.77. The molecule has 116 valence electrons. The van der Waals surface area contributed by atoms with Gasteiger partial charge in [0.05, 0.1) is 16.4 Å². The van der Waals surface area contributed by atoms with Crippen LogP contribution in [0, 0.1) is 17.0 Å². The third kappa shape index (κ3) is 2.89. The monoisotopic (exact) mass is 334 g/mol. The molecule has 2 rings (SSSR count). The highest BCUT2D eigenvalue weighted by atomic mass is 35.5. The minimum Gasteiger partial charge on any atom is -0.395 e. The van der Waals surface area contributed by atoms with Gasteiger partial charge in [-0.15, -0.1) is 0 Å². The molecule has 1 saturated heterocycles. The van der Waals surface area contributed by atoms with E-state index in [0.29, 0.717) is 24.9 Å². The zero-order valence-corrected chi connectivity index (χ0v) is 12.9. The lowest BCUT2D eigenvalue weighted by Gasteiger charge is -2.23. The zero-order chi connectivity index (χ0) is 15.8. The van der Waals surface area contributed by atoms with Gasteiger partial charge < -0.3 is 5.11 Å². The number of hydrogen-bond donors (Lipinski definition) is 1. The lowest BCUT2D eigenvalue weighted by Crippen LogP contribution is -2.37. The predicted octanol–water partition coefficient (Wildman–Crippen LogP) is 1.70. The van der Waals surface area contributed by atoms with Crippen LogP contribution in [0.3, 0.4) is 0 Å². The van der Waals surface area contributed by atoms with Crippen molar-refractivity contribution in [3.05, 3.63) is 32.8 Å². The van der Waals surface area contributed by atoms with E-state index in [2.05, 4.69) is 0 Å². The van der Waals surface area contributed by atoms with Crippen molar-refractivity contribution in [2.45, 2.75) is 30.7 Å². The topological polar surface area (TPSA) is 101 Å². The second kappa shape index (κ2) is 5.88. The van der Waals surface area contributed by atoms with Crippen LogP contribution in [-0.2, 0) is 10.0 Å². The van der Waals surface area contributed by atoms with Gasteiger partial charge in [0, 0.05) is 18.7 Å². The van der Waals surface area contributed by atoms with Crippen LogP contribution < -0.4 is 0 Å². The molecule has 0 bridgehead atoms. The highest BCUT2D eigenvalue weighted by molar-refractivity contribution is 7.89. The molecule has 1 fully saturated rings. The predicted molar refractivity (Wildman–Crippen MR) is 76.8 cm³/mol. The summed E-state index contributed by atoms with van der Waals surface area (Å²) in [5.74, 6) is 0. The number of sulfonamides is 1. The Morgan fingerprint density at radius 1 is 1.52 bits per heavy atom. The number of aryl methyl sites for hydroxylation is 1. The Labute approximate surface area is 127 Å². The van der Waals surface area contributed by atoms with Gasteiger partial charge in [-0.3, -0.25) is 10.1 Å². The number of rotatable bonds is 4. The Morgan fingerprint density at radius 3 is 2.76 bits per heavy atom. The highest BCUT2D eigenvalue weighted by Crippen LogP contribution is 2.33. The summed E-state index contributed by atoms with van der Waals surface area (Å²) in [6, 6.07) is 1.78. The first-order chi connectivity index (χ1) is 9.78. The Bertz CT molecular complexity index is 676. The van der Waals surface area contributed by atoms with Gasteiger partial charge in [0.25, 0.3) is 5.69 Å². The van der Waals surface area contributed by atoms with E-state index in [4.69, 9.17) is 11.6 Å². The molecule has 1 heterocycles. The second-order valence-electron chi connectivity index (χ2n) is 4.92. The Kier molecular flexibility index (Phi) is 4.52. The molecular formula is C12H15ClN2O5S. The molecule has 0 aliphatic carbocycles. The number of hydrogen-bond acceptors (Lipinski definition) is 5. The van der Waals surface area contributed by atoms with Gasteiger partial charge in [0.15, 0.2) is 0 Å². The van der Waals surface area contributed by atoms with Crippen LogP contribution in [0.25, 0.3) is 0 Å². The van der Waals surface area contributed by atoms with Gasteiger partial charge in [-0.2, -0.15) is 4.31 Å². The first kappa shape index (κ1) is 16.2. The second-order valence-corrected chi connectivity index (χ2v) is 7.19. The first-order valence-electron chi connectivity index (χ1n) is 6.36. The zero-order valence-electron chi connectivity index (χ0n) is 11.3. The number of aliphatic hydroxyl groups is 1. The van der Waals surface area contributed by atoms with Crippen molar-refractivity contribution in [1.82, 2.24) is 4.31 Å². The van der Waals surface area contributed by atoms with Gasteiger partial charge in [-0.1, -0.05) is 11.6 Å². The van der Waals surface area contributed by atoms with Crippen molar-refractivity contribution in [2.24, 2.45) is 0 Å². The fourth-order valence-electron chi connectivity index (χ4n) is 2.49. The molecule has 0 aromatic heterocycles. The van der Waals surface area contributed by atoms with Crippen molar-refractivity contribution in [3.63, 3.8) is 0 Å². The van der Waals surface area contributed by atoms with Gasteiger partial charge in [0.2, 0.25) is 10.0 Å². The third-order valence-electron chi connectivity index (χ3n) is 3.56. The van der Waals surface area contributed by atoms with Crippen molar-refractivity contribution in [3.8, 4) is 0 Å². The SMILES string of the molecule is Cc1cc(Cl)c([N+](=O)[O-])cc1S(=O)(=O)N1CCCC1CO. The minimum absolute atomic E-state index is 0.100. The van der Waals surface area contributed by atoms with Gasteiger partial charge in [0.1, 0.15) is 5.02 Å². The van der Waals surface area contributed by atoms with Crippen LogP contribution >= 0.6 is 11.6 Å². The molecule has 1 atom stereocenters. The van der Waals surface area contributed by atoms with Crippen molar-refractivity contribution < 1.29 is 18.4 Å². The van der Waals surface area contributed by atoms with Gasteiger partial charge in [-0.05, 0) is 31.4 Å². The lowest BCUT2D eigenvalue weighted by molar-refractivity contribution is -0.384. The van der Waals surface area contributed by atoms with E-state index in [9.17, 15) is 23.6 Å². The highest BCUT2D eigenvalue weighted by Gasteiger charge is 2.36. The maximum Gasteiger partial charge on any atom is 0.289 e. The van der Waals surface area contributed by atoms with E-state index in [0.717, 1.165) is 6.07 Å². The normalized spacial score (nSPS) is 19.9. The number of aliphatic hydroxyl groups excluding tert-OH is 1. The van der Waals surface area contributed by atoms with Crippen LogP contribution in [-0.4, -0.2) is 41.9 Å². The first-order valence-corrected chi connectivity index (χ1v) is 8.18. The van der Waals surface area contributed by atoms with Crippen LogP contribution in [0.2, 0.25) is 5.02 Å². The minimum atomic E-state index is -3.89. The molecule has 21 heavy (non-hydrogen) atoms. The molecular weight excluding hydrogens is 320 g/mol. The molecule has 0 amide bonds. The number of halogens is 1. The molecule has 7 nitrogen and oxygen atoms in total. The smallest absolute Gasteiger partial charge is 0.289 e. The van der Waals surface area contributed by atoms with E-state index in [-0.39, 0.29) is 16.5 Å². The van der Waals surface area contributed by atoms with E-state index in [1.54, 1.807) is 0 Å². The van der Waals surface area contributed by atoms with Gasteiger partial charge >= 0.3 is 0 Å². The summed E-state index contributed by atoms with van der Waals surface area (Å²) in [5.41, 5.74) is -0.102. The standard InChI is InChI=1S/C12H15ClN2O5S/c1-8-5-10(13)11(15(17)18)6-12(8)21(19,20)14-4-2-3-9(14)7-16/h5-6,9,16H,2-4,7H2,1H3. The van der Waals surface area contributed by atoms with E-state index in [1.807, 2.05) is 0 Å². The maximum absolute atomic E-state index is 12.7. The maximum atomic E-state index is 12.7. The summed E-state index contributed by atoms with van der Waals surface area (Å²) in [4.78, 5) is 10.1. The van der Waals surface area contributed by atoms with Crippen molar-refractivity contribution in [2.75, 3.05) is 13.2 Å². The summed E-state index contributed by atoms with van der Waals surface area (Å²) in [7, 11) is -3.89. The Balaban J connectivity index is 2.54. The van der Waals surface area contributed by atoms with Crippen molar-refractivity contribution in [1.29, 1.82) is 0 Å². The molecule has 1 N–H and O–H groups in total. The average molecular weight is 335 g/mol. The molecule has 9 heteroatoms. The third-order valence-corrected chi connectivity index (χ3v) is 5.96. The number of nitro benzene ring substituents is 1. The summed E-state index contributed by atoms with van der Waals surface area (Å²) in [6.07, 6.45) is 1.23. The Morgan fingerprint density at radius 2 is 2.19 bits per heavy atom. The van der Waals surface area contributed by atoms with E-state index in [1.165, 1.54) is 17.3 Å². The fourth-order valence-corrected chi connectivity index (χ4v) is 4.69. The van der Waals surface area contributed by atoms with E-state index < -0.39 is 26.7 Å². The lowest BCUT2D eigenvalue weighted by atomic mass is 10.2. The quantitative estimate of drug-likeness (QED) is 0.667. The molecule has 0 spiro atoms.